The Bertz CT molecular complexity index is 1210. The number of aromatic nitrogens is 3. The Morgan fingerprint density at radius 1 is 1.00 bits per heavy atom. The van der Waals surface area contributed by atoms with Gasteiger partial charge in [0.1, 0.15) is 12.1 Å². The highest BCUT2D eigenvalue weighted by molar-refractivity contribution is 7.89. The van der Waals surface area contributed by atoms with Crippen LogP contribution in [0.4, 0.5) is 5.69 Å². The molecule has 0 N–H and O–H groups in total. The minimum Gasteiger partial charge on any atom is -0.310 e. The molecular weight excluding hydrogens is 402 g/mol. The largest absolute Gasteiger partial charge is 0.310 e. The molecule has 1 amide bonds. The summed E-state index contributed by atoms with van der Waals surface area (Å²) >= 11 is 0. The number of piperidine rings is 1. The molecular formula is C21H23N5O3S. The van der Waals surface area contributed by atoms with Crippen LogP contribution in [0.25, 0.3) is 11.0 Å². The number of carbonyl (C=O) groups is 1. The molecule has 0 spiro atoms. The van der Waals surface area contributed by atoms with Crippen molar-refractivity contribution in [1.82, 2.24) is 19.3 Å². The zero-order chi connectivity index (χ0) is 20.7. The van der Waals surface area contributed by atoms with Crippen molar-refractivity contribution >= 4 is 32.7 Å². The maximum Gasteiger partial charge on any atom is 0.248 e. The summed E-state index contributed by atoms with van der Waals surface area (Å²) in [6.07, 6.45) is 3.53. The monoisotopic (exact) mass is 425 g/mol. The van der Waals surface area contributed by atoms with E-state index >= 15 is 0 Å². The van der Waals surface area contributed by atoms with Crippen molar-refractivity contribution < 1.29 is 13.2 Å². The van der Waals surface area contributed by atoms with Gasteiger partial charge in [0.15, 0.2) is 0 Å². The molecule has 156 valence electrons. The summed E-state index contributed by atoms with van der Waals surface area (Å²) < 4.78 is 29.1. The van der Waals surface area contributed by atoms with Gasteiger partial charge in [-0.3, -0.25) is 4.79 Å². The number of para-hydroxylation sites is 1. The third-order valence-electron chi connectivity index (χ3n) is 5.91. The summed E-state index contributed by atoms with van der Waals surface area (Å²) in [6.45, 7) is 1.79. The van der Waals surface area contributed by atoms with E-state index in [9.17, 15) is 13.2 Å². The van der Waals surface area contributed by atoms with E-state index in [-0.39, 0.29) is 12.5 Å². The Labute approximate surface area is 175 Å². The average molecular weight is 426 g/mol. The Morgan fingerprint density at radius 3 is 2.63 bits per heavy atom. The van der Waals surface area contributed by atoms with Crippen LogP contribution in [0.5, 0.6) is 0 Å². The number of fused-ring (bicyclic) bond motifs is 2. The van der Waals surface area contributed by atoms with Gasteiger partial charge < -0.3 is 4.90 Å². The number of sulfonamides is 1. The molecule has 5 rings (SSSR count). The van der Waals surface area contributed by atoms with Crippen molar-refractivity contribution in [3.05, 3.63) is 48.0 Å². The van der Waals surface area contributed by atoms with Gasteiger partial charge in [-0.05, 0) is 55.2 Å². The molecule has 8 nitrogen and oxygen atoms in total. The molecule has 1 aromatic heterocycles. The topological polar surface area (TPSA) is 88.4 Å². The molecule has 3 aromatic rings. The van der Waals surface area contributed by atoms with Crippen LogP contribution in [0.15, 0.2) is 47.4 Å². The van der Waals surface area contributed by atoms with E-state index in [0.717, 1.165) is 41.5 Å². The van der Waals surface area contributed by atoms with Gasteiger partial charge in [0.25, 0.3) is 0 Å². The molecule has 2 aliphatic rings. The van der Waals surface area contributed by atoms with Crippen LogP contribution in [0.2, 0.25) is 0 Å². The summed E-state index contributed by atoms with van der Waals surface area (Å²) in [6, 6.07) is 12.6. The molecule has 0 radical (unpaired) electrons. The molecule has 0 saturated carbocycles. The molecule has 0 unspecified atom stereocenters. The van der Waals surface area contributed by atoms with Gasteiger partial charge in [-0.25, -0.2) is 13.1 Å². The minimum atomic E-state index is -3.48. The maximum absolute atomic E-state index is 13.0. The predicted octanol–water partition coefficient (Wildman–Crippen LogP) is 2.20. The van der Waals surface area contributed by atoms with Crippen molar-refractivity contribution in [2.24, 2.45) is 0 Å². The van der Waals surface area contributed by atoms with Gasteiger partial charge in [0.05, 0.1) is 10.4 Å². The lowest BCUT2D eigenvalue weighted by Crippen LogP contribution is -2.35. The third kappa shape index (κ3) is 3.27. The second kappa shape index (κ2) is 7.48. The zero-order valence-corrected chi connectivity index (χ0v) is 17.4. The van der Waals surface area contributed by atoms with Crippen molar-refractivity contribution in [3.63, 3.8) is 0 Å². The van der Waals surface area contributed by atoms with E-state index in [4.69, 9.17) is 0 Å². The van der Waals surface area contributed by atoms with Gasteiger partial charge in [-0.2, -0.15) is 4.31 Å². The predicted molar refractivity (Wildman–Crippen MR) is 113 cm³/mol. The Morgan fingerprint density at radius 2 is 1.80 bits per heavy atom. The molecule has 0 atom stereocenters. The normalized spacial score (nSPS) is 17.4. The fourth-order valence-electron chi connectivity index (χ4n) is 4.30. The Balaban J connectivity index is 1.37. The first-order chi connectivity index (χ1) is 14.5. The number of carbonyl (C=O) groups excluding carboxylic acids is 1. The highest BCUT2D eigenvalue weighted by Crippen LogP contribution is 2.32. The van der Waals surface area contributed by atoms with Crippen LogP contribution in [0.1, 0.15) is 24.8 Å². The maximum atomic E-state index is 13.0. The van der Waals surface area contributed by atoms with Crippen molar-refractivity contribution in [2.75, 3.05) is 24.5 Å². The van der Waals surface area contributed by atoms with E-state index in [1.54, 1.807) is 32.1 Å². The van der Waals surface area contributed by atoms with Crippen molar-refractivity contribution in [2.45, 2.75) is 37.1 Å². The number of rotatable bonds is 4. The summed E-state index contributed by atoms with van der Waals surface area (Å²) in [5, 5.41) is 8.19. The highest BCUT2D eigenvalue weighted by atomic mass is 32.2. The van der Waals surface area contributed by atoms with E-state index in [1.807, 2.05) is 24.3 Å². The molecule has 3 heterocycles. The van der Waals surface area contributed by atoms with E-state index < -0.39 is 10.0 Å². The SMILES string of the molecule is O=C(Cn1nnc2ccccc21)N1CCc2cc(S(=O)(=O)N3CCCCC3)ccc21. The van der Waals surface area contributed by atoms with Crippen LogP contribution >= 0.6 is 0 Å². The zero-order valence-electron chi connectivity index (χ0n) is 16.6. The van der Waals surface area contributed by atoms with Crippen LogP contribution in [0, 0.1) is 0 Å². The Hall–Kier alpha value is -2.78. The van der Waals surface area contributed by atoms with Gasteiger partial charge >= 0.3 is 0 Å². The van der Waals surface area contributed by atoms with E-state index in [2.05, 4.69) is 10.3 Å². The average Bonchev–Trinajstić information content (AvgIpc) is 3.38. The van der Waals surface area contributed by atoms with Crippen molar-refractivity contribution in [3.8, 4) is 0 Å². The molecule has 9 heteroatoms. The first kappa shape index (κ1) is 19.2. The molecule has 1 saturated heterocycles. The molecule has 2 aromatic carbocycles. The van der Waals surface area contributed by atoms with Gasteiger partial charge in [-0.15, -0.1) is 5.10 Å². The van der Waals surface area contributed by atoms with Crippen molar-refractivity contribution in [1.29, 1.82) is 0 Å². The lowest BCUT2D eigenvalue weighted by atomic mass is 10.2. The quantitative estimate of drug-likeness (QED) is 0.639. The summed E-state index contributed by atoms with van der Waals surface area (Å²) in [5.74, 6) is -0.0870. The lowest BCUT2D eigenvalue weighted by molar-refractivity contribution is -0.119. The Kier molecular flexibility index (Phi) is 4.79. The first-order valence-corrected chi connectivity index (χ1v) is 11.7. The number of benzene rings is 2. The van der Waals surface area contributed by atoms with E-state index in [1.165, 1.54) is 0 Å². The second-order valence-corrected chi connectivity index (χ2v) is 9.72. The second-order valence-electron chi connectivity index (χ2n) is 7.79. The minimum absolute atomic E-state index is 0.0870. The molecule has 0 bridgehead atoms. The number of anilines is 1. The first-order valence-electron chi connectivity index (χ1n) is 10.3. The summed E-state index contributed by atoms with van der Waals surface area (Å²) in [4.78, 5) is 15.0. The number of nitrogens with zero attached hydrogens (tertiary/aromatic N) is 5. The third-order valence-corrected chi connectivity index (χ3v) is 7.80. The van der Waals surface area contributed by atoms with Crippen LogP contribution in [0.3, 0.4) is 0 Å². The van der Waals surface area contributed by atoms with Gasteiger partial charge in [0.2, 0.25) is 15.9 Å². The van der Waals surface area contributed by atoms with Gasteiger partial charge in [-0.1, -0.05) is 23.8 Å². The number of amides is 1. The fraction of sp³-hybridized carbons (Fsp3) is 0.381. The van der Waals surface area contributed by atoms with Crippen LogP contribution in [-0.4, -0.2) is 53.3 Å². The molecule has 1 fully saturated rings. The fourth-order valence-corrected chi connectivity index (χ4v) is 5.87. The molecule has 30 heavy (non-hydrogen) atoms. The summed E-state index contributed by atoms with van der Waals surface area (Å²) in [7, 11) is -3.48. The number of hydrogen-bond donors (Lipinski definition) is 0. The summed E-state index contributed by atoms with van der Waals surface area (Å²) in [5.41, 5.74) is 3.24. The number of hydrogen-bond acceptors (Lipinski definition) is 5. The highest BCUT2D eigenvalue weighted by Gasteiger charge is 2.30. The molecule has 2 aliphatic heterocycles. The van der Waals surface area contributed by atoms with Crippen LogP contribution < -0.4 is 4.90 Å². The smallest absolute Gasteiger partial charge is 0.248 e. The van der Waals surface area contributed by atoms with Gasteiger partial charge in [0, 0.05) is 25.3 Å². The lowest BCUT2D eigenvalue weighted by Gasteiger charge is -2.26. The molecule has 0 aliphatic carbocycles. The van der Waals surface area contributed by atoms with E-state index in [0.29, 0.717) is 31.0 Å². The van der Waals surface area contributed by atoms with Crippen LogP contribution in [-0.2, 0) is 27.8 Å². The standard InChI is InChI=1S/C21H23N5O3S/c27-21(15-26-20-7-3-2-6-18(20)22-23-26)25-13-10-16-14-17(8-9-19(16)25)30(28,29)24-11-4-1-5-12-24/h2-3,6-9,14H,1,4-5,10-13,15H2.